The maximum Gasteiger partial charge on any atom is 0.251 e. The zero-order valence-electron chi connectivity index (χ0n) is 16.6. The maximum absolute atomic E-state index is 12.6. The molecule has 0 unspecified atom stereocenters. The van der Waals surface area contributed by atoms with Crippen molar-refractivity contribution in [1.82, 2.24) is 15.3 Å². The summed E-state index contributed by atoms with van der Waals surface area (Å²) < 4.78 is 0. The van der Waals surface area contributed by atoms with Gasteiger partial charge in [-0.3, -0.25) is 4.79 Å². The van der Waals surface area contributed by atoms with Crippen LogP contribution in [0.4, 0.5) is 11.6 Å². The molecule has 0 aliphatic carbocycles. The van der Waals surface area contributed by atoms with Gasteiger partial charge in [0.15, 0.2) is 0 Å². The number of nitrogens with one attached hydrogen (secondary N) is 1. The monoisotopic (exact) mass is 387 g/mol. The van der Waals surface area contributed by atoms with Crippen LogP contribution in [0, 0.1) is 6.92 Å². The Morgan fingerprint density at radius 1 is 0.897 bits per heavy atom. The summed E-state index contributed by atoms with van der Waals surface area (Å²) in [5, 5.41) is 2.99. The van der Waals surface area contributed by atoms with Gasteiger partial charge in [-0.2, -0.15) is 0 Å². The number of carbonyl (C=O) groups is 1. The van der Waals surface area contributed by atoms with E-state index in [0.29, 0.717) is 12.1 Å². The van der Waals surface area contributed by atoms with E-state index in [2.05, 4.69) is 44.1 Å². The van der Waals surface area contributed by atoms with Crippen molar-refractivity contribution in [2.24, 2.45) is 0 Å². The predicted molar refractivity (Wildman–Crippen MR) is 115 cm³/mol. The van der Waals surface area contributed by atoms with Crippen LogP contribution in [0.2, 0.25) is 0 Å². The first-order valence-corrected chi connectivity index (χ1v) is 9.90. The van der Waals surface area contributed by atoms with Crippen LogP contribution >= 0.6 is 0 Å². The summed E-state index contributed by atoms with van der Waals surface area (Å²) in [5.41, 5.74) is 2.93. The molecule has 0 bridgehead atoms. The maximum atomic E-state index is 12.6. The largest absolute Gasteiger partial charge is 0.353 e. The zero-order valence-corrected chi connectivity index (χ0v) is 16.6. The predicted octanol–water partition coefficient (Wildman–Crippen LogP) is 3.04. The summed E-state index contributed by atoms with van der Waals surface area (Å²) in [6.45, 7) is 6.01. The molecule has 4 rings (SSSR count). The molecule has 0 spiro atoms. The molecule has 1 fully saturated rings. The van der Waals surface area contributed by atoms with E-state index in [1.165, 1.54) is 5.56 Å². The summed E-state index contributed by atoms with van der Waals surface area (Å²) in [6.07, 6.45) is 3.53. The smallest absolute Gasteiger partial charge is 0.251 e. The molecule has 0 atom stereocenters. The van der Waals surface area contributed by atoms with E-state index in [0.717, 1.165) is 43.4 Å². The number of aromatic nitrogens is 2. The van der Waals surface area contributed by atoms with E-state index < -0.39 is 0 Å². The van der Waals surface area contributed by atoms with Gasteiger partial charge in [0, 0.05) is 50.7 Å². The van der Waals surface area contributed by atoms with Gasteiger partial charge in [-0.15, -0.1) is 0 Å². The number of hydrogen-bond donors (Lipinski definition) is 1. The van der Waals surface area contributed by atoms with Gasteiger partial charge in [0.1, 0.15) is 11.6 Å². The van der Waals surface area contributed by atoms with E-state index in [-0.39, 0.29) is 5.91 Å². The molecule has 6 nitrogen and oxygen atoms in total. The quantitative estimate of drug-likeness (QED) is 0.729. The number of benzene rings is 1. The minimum Gasteiger partial charge on any atom is -0.353 e. The standard InChI is InChI=1S/C23H25N5O/c1-18-5-7-19(8-6-18)17-26-23(29)20-9-11-25-22(16-20)28-14-12-27(13-15-28)21-4-2-3-10-24-21/h2-11,16H,12-15,17H2,1H3,(H,26,29). The van der Waals surface area contributed by atoms with Crippen LogP contribution in [0.5, 0.6) is 0 Å². The van der Waals surface area contributed by atoms with Gasteiger partial charge in [-0.1, -0.05) is 35.9 Å². The van der Waals surface area contributed by atoms with Crippen molar-refractivity contribution in [3.05, 3.63) is 83.7 Å². The molecule has 1 saturated heterocycles. The first kappa shape index (κ1) is 18.9. The number of aryl methyl sites for hydroxylation is 1. The van der Waals surface area contributed by atoms with E-state index in [9.17, 15) is 4.79 Å². The summed E-state index contributed by atoms with van der Waals surface area (Å²) in [4.78, 5) is 26.0. The first-order chi connectivity index (χ1) is 14.2. The molecule has 0 radical (unpaired) electrons. The lowest BCUT2D eigenvalue weighted by Crippen LogP contribution is -2.47. The number of piperazine rings is 1. The molecule has 3 heterocycles. The second-order valence-electron chi connectivity index (χ2n) is 7.23. The Morgan fingerprint density at radius 3 is 2.28 bits per heavy atom. The van der Waals surface area contributed by atoms with Crippen molar-refractivity contribution in [3.63, 3.8) is 0 Å². The molecule has 2 aromatic heterocycles. The number of anilines is 2. The second kappa shape index (κ2) is 8.73. The third kappa shape index (κ3) is 4.71. The Labute approximate surface area is 171 Å². The van der Waals surface area contributed by atoms with Gasteiger partial charge in [0.05, 0.1) is 0 Å². The summed E-state index contributed by atoms with van der Waals surface area (Å²) in [7, 11) is 0. The van der Waals surface area contributed by atoms with Crippen molar-refractivity contribution in [2.45, 2.75) is 13.5 Å². The van der Waals surface area contributed by atoms with Gasteiger partial charge in [-0.05, 0) is 36.8 Å². The fraction of sp³-hybridized carbons (Fsp3) is 0.261. The first-order valence-electron chi connectivity index (χ1n) is 9.90. The van der Waals surface area contributed by atoms with Crippen LogP contribution in [0.1, 0.15) is 21.5 Å². The average Bonchev–Trinajstić information content (AvgIpc) is 2.79. The molecule has 3 aromatic rings. The highest BCUT2D eigenvalue weighted by atomic mass is 16.1. The summed E-state index contributed by atoms with van der Waals surface area (Å²) in [6, 6.07) is 17.8. The molecular weight excluding hydrogens is 362 g/mol. The summed E-state index contributed by atoms with van der Waals surface area (Å²) in [5.74, 6) is 1.76. The molecule has 1 aromatic carbocycles. The van der Waals surface area contributed by atoms with Crippen molar-refractivity contribution >= 4 is 17.5 Å². The van der Waals surface area contributed by atoms with Gasteiger partial charge in [-0.25, -0.2) is 9.97 Å². The molecule has 0 saturated carbocycles. The van der Waals surface area contributed by atoms with Gasteiger partial charge >= 0.3 is 0 Å². The normalized spacial score (nSPS) is 14.0. The number of hydrogen-bond acceptors (Lipinski definition) is 5. The lowest BCUT2D eigenvalue weighted by Gasteiger charge is -2.36. The third-order valence-corrected chi connectivity index (χ3v) is 5.16. The number of rotatable bonds is 5. The lowest BCUT2D eigenvalue weighted by atomic mass is 10.1. The van der Waals surface area contributed by atoms with Crippen molar-refractivity contribution in [2.75, 3.05) is 36.0 Å². The Hall–Kier alpha value is -3.41. The Bertz CT molecular complexity index is 951. The molecule has 1 aliphatic heterocycles. The molecular formula is C23H25N5O. The highest BCUT2D eigenvalue weighted by Gasteiger charge is 2.19. The molecule has 1 aliphatic rings. The lowest BCUT2D eigenvalue weighted by molar-refractivity contribution is 0.0951. The Balaban J connectivity index is 1.36. The van der Waals surface area contributed by atoms with Crippen LogP contribution < -0.4 is 15.1 Å². The van der Waals surface area contributed by atoms with Crippen LogP contribution in [-0.2, 0) is 6.54 Å². The Morgan fingerprint density at radius 2 is 1.59 bits per heavy atom. The molecule has 1 N–H and O–H groups in total. The number of carbonyl (C=O) groups excluding carboxylic acids is 1. The zero-order chi connectivity index (χ0) is 20.1. The third-order valence-electron chi connectivity index (χ3n) is 5.16. The fourth-order valence-corrected chi connectivity index (χ4v) is 3.43. The topological polar surface area (TPSA) is 61.4 Å². The van der Waals surface area contributed by atoms with Gasteiger partial charge < -0.3 is 15.1 Å². The number of pyridine rings is 2. The second-order valence-corrected chi connectivity index (χ2v) is 7.23. The van der Waals surface area contributed by atoms with Crippen molar-refractivity contribution in [1.29, 1.82) is 0 Å². The van der Waals surface area contributed by atoms with E-state index in [1.54, 1.807) is 12.3 Å². The fourth-order valence-electron chi connectivity index (χ4n) is 3.43. The molecule has 148 valence electrons. The van der Waals surface area contributed by atoms with Crippen LogP contribution in [-0.4, -0.2) is 42.1 Å². The van der Waals surface area contributed by atoms with E-state index in [1.807, 2.05) is 42.6 Å². The van der Waals surface area contributed by atoms with Crippen molar-refractivity contribution in [3.8, 4) is 0 Å². The minimum absolute atomic E-state index is 0.0821. The molecule has 6 heteroatoms. The van der Waals surface area contributed by atoms with E-state index >= 15 is 0 Å². The van der Waals surface area contributed by atoms with Crippen LogP contribution in [0.3, 0.4) is 0 Å². The summed E-state index contributed by atoms with van der Waals surface area (Å²) >= 11 is 0. The van der Waals surface area contributed by atoms with Gasteiger partial charge in [0.25, 0.3) is 5.91 Å². The number of nitrogens with zero attached hydrogens (tertiary/aromatic N) is 4. The average molecular weight is 387 g/mol. The van der Waals surface area contributed by atoms with E-state index in [4.69, 9.17) is 0 Å². The molecule has 1 amide bonds. The number of amides is 1. The van der Waals surface area contributed by atoms with Gasteiger partial charge in [0.2, 0.25) is 0 Å². The molecule has 29 heavy (non-hydrogen) atoms. The van der Waals surface area contributed by atoms with Crippen LogP contribution in [0.25, 0.3) is 0 Å². The minimum atomic E-state index is -0.0821. The Kier molecular flexibility index (Phi) is 5.70. The SMILES string of the molecule is Cc1ccc(CNC(=O)c2ccnc(N3CCN(c4ccccn4)CC3)c2)cc1. The van der Waals surface area contributed by atoms with Crippen molar-refractivity contribution < 1.29 is 4.79 Å². The highest BCUT2D eigenvalue weighted by molar-refractivity contribution is 5.94. The highest BCUT2D eigenvalue weighted by Crippen LogP contribution is 2.18. The van der Waals surface area contributed by atoms with Crippen LogP contribution in [0.15, 0.2) is 67.0 Å².